The number of carbonyl (C=O) groups excluding carboxylic acids is 2. The molecule has 0 heterocycles. The van der Waals surface area contributed by atoms with Crippen molar-refractivity contribution in [1.82, 2.24) is 5.32 Å². The van der Waals surface area contributed by atoms with Gasteiger partial charge in [-0.25, -0.2) is 4.79 Å². The maximum Gasteiger partial charge on any atom is 0.319 e. The number of carbonyl (C=O) groups is 2. The van der Waals surface area contributed by atoms with Crippen LogP contribution in [0.3, 0.4) is 0 Å². The Morgan fingerprint density at radius 3 is 2.11 bits per heavy atom. The van der Waals surface area contributed by atoms with Crippen molar-refractivity contribution in [3.05, 3.63) is 84.4 Å². The molecule has 0 fully saturated rings. The van der Waals surface area contributed by atoms with Crippen LogP contribution in [-0.2, 0) is 4.79 Å². The zero-order valence-electron chi connectivity index (χ0n) is 15.9. The fourth-order valence-electron chi connectivity index (χ4n) is 2.91. The van der Waals surface area contributed by atoms with Gasteiger partial charge in [0.2, 0.25) is 5.91 Å². The average molecular weight is 373 g/mol. The van der Waals surface area contributed by atoms with E-state index in [1.54, 1.807) is 0 Å². The van der Waals surface area contributed by atoms with E-state index >= 15 is 0 Å². The van der Waals surface area contributed by atoms with Gasteiger partial charge in [0.05, 0.1) is 6.04 Å². The van der Waals surface area contributed by atoms with Crippen molar-refractivity contribution in [3.63, 3.8) is 0 Å². The summed E-state index contributed by atoms with van der Waals surface area (Å²) < 4.78 is 0. The van der Waals surface area contributed by atoms with Crippen LogP contribution in [0.5, 0.6) is 0 Å². The lowest BCUT2D eigenvalue weighted by atomic mass is 10.1. The molecular weight excluding hydrogens is 350 g/mol. The number of hydrogen-bond acceptors (Lipinski definition) is 2. The minimum Gasteiger partial charge on any atom is -0.331 e. The Labute approximate surface area is 164 Å². The van der Waals surface area contributed by atoms with Crippen LogP contribution in [0, 0.1) is 0 Å². The third-order valence-electron chi connectivity index (χ3n) is 4.30. The first-order chi connectivity index (χ1) is 13.5. The second-order valence-corrected chi connectivity index (χ2v) is 6.57. The molecule has 0 aliphatic carbocycles. The molecule has 3 amide bonds. The summed E-state index contributed by atoms with van der Waals surface area (Å²) in [6, 6.07) is 24.7. The van der Waals surface area contributed by atoms with E-state index < -0.39 is 0 Å². The Bertz CT molecular complexity index is 953. The van der Waals surface area contributed by atoms with Gasteiger partial charge in [-0.1, -0.05) is 54.6 Å². The van der Waals surface area contributed by atoms with E-state index in [1.807, 2.05) is 85.8 Å². The van der Waals surface area contributed by atoms with Gasteiger partial charge < -0.3 is 16.0 Å². The molecule has 0 bridgehead atoms. The fraction of sp³-hybridized carbons (Fsp3) is 0.130. The second kappa shape index (κ2) is 8.86. The normalized spacial score (nSPS) is 11.4. The van der Waals surface area contributed by atoms with Gasteiger partial charge in [-0.2, -0.15) is 0 Å². The van der Waals surface area contributed by atoms with Crippen molar-refractivity contribution in [2.24, 2.45) is 0 Å². The van der Waals surface area contributed by atoms with Crippen molar-refractivity contribution >= 4 is 23.3 Å². The Kier molecular flexibility index (Phi) is 6.07. The molecule has 5 nitrogen and oxygen atoms in total. The molecule has 0 aromatic heterocycles. The molecule has 3 rings (SSSR count). The number of benzene rings is 3. The monoisotopic (exact) mass is 373 g/mol. The van der Waals surface area contributed by atoms with E-state index in [0.29, 0.717) is 5.69 Å². The van der Waals surface area contributed by atoms with Crippen molar-refractivity contribution in [2.45, 2.75) is 19.9 Å². The quantitative estimate of drug-likeness (QED) is 0.576. The number of rotatable bonds is 5. The lowest BCUT2D eigenvalue weighted by Crippen LogP contribution is -2.31. The molecule has 0 saturated heterocycles. The average Bonchev–Trinajstić information content (AvgIpc) is 2.69. The summed E-state index contributed by atoms with van der Waals surface area (Å²) in [7, 11) is 0. The highest BCUT2D eigenvalue weighted by Crippen LogP contribution is 2.21. The molecule has 3 N–H and O–H groups in total. The van der Waals surface area contributed by atoms with Crippen LogP contribution in [-0.4, -0.2) is 11.9 Å². The van der Waals surface area contributed by atoms with Crippen LogP contribution in [0.2, 0.25) is 0 Å². The number of urea groups is 1. The molecule has 1 unspecified atom stereocenters. The van der Waals surface area contributed by atoms with Crippen molar-refractivity contribution in [1.29, 1.82) is 0 Å². The SMILES string of the molecule is CC(=O)Nc1cccc(C(C)NC(=O)Nc2ccc(-c3ccccc3)cc2)c1. The summed E-state index contributed by atoms with van der Waals surface area (Å²) in [6.07, 6.45) is 0. The van der Waals surface area contributed by atoms with Gasteiger partial charge in [-0.05, 0) is 47.9 Å². The fourth-order valence-corrected chi connectivity index (χ4v) is 2.91. The summed E-state index contributed by atoms with van der Waals surface area (Å²) in [5, 5.41) is 8.50. The molecule has 3 aromatic carbocycles. The van der Waals surface area contributed by atoms with E-state index in [-0.39, 0.29) is 18.0 Å². The standard InChI is InChI=1S/C23H23N3O2/c1-16(20-9-6-10-22(15-20)25-17(2)27)24-23(28)26-21-13-11-19(12-14-21)18-7-4-3-5-8-18/h3-16H,1-2H3,(H,25,27)(H2,24,26,28). The van der Waals surface area contributed by atoms with E-state index in [1.165, 1.54) is 6.92 Å². The number of hydrogen-bond donors (Lipinski definition) is 3. The topological polar surface area (TPSA) is 70.2 Å². The van der Waals surface area contributed by atoms with E-state index in [0.717, 1.165) is 22.4 Å². The van der Waals surface area contributed by atoms with Gasteiger partial charge in [-0.3, -0.25) is 4.79 Å². The molecule has 28 heavy (non-hydrogen) atoms. The number of amides is 3. The molecule has 3 aromatic rings. The second-order valence-electron chi connectivity index (χ2n) is 6.57. The third-order valence-corrected chi connectivity index (χ3v) is 4.30. The smallest absolute Gasteiger partial charge is 0.319 e. The zero-order valence-corrected chi connectivity index (χ0v) is 15.9. The maximum absolute atomic E-state index is 12.3. The van der Waals surface area contributed by atoms with Crippen LogP contribution >= 0.6 is 0 Å². The molecule has 142 valence electrons. The van der Waals surface area contributed by atoms with Gasteiger partial charge in [0.1, 0.15) is 0 Å². The third kappa shape index (κ3) is 5.20. The van der Waals surface area contributed by atoms with Crippen molar-refractivity contribution in [3.8, 4) is 11.1 Å². The van der Waals surface area contributed by atoms with E-state index in [9.17, 15) is 9.59 Å². The van der Waals surface area contributed by atoms with Crippen LogP contribution in [0.1, 0.15) is 25.5 Å². The first kappa shape index (κ1) is 19.2. The van der Waals surface area contributed by atoms with Crippen LogP contribution < -0.4 is 16.0 Å². The molecule has 0 aliphatic heterocycles. The predicted molar refractivity (Wildman–Crippen MR) is 113 cm³/mol. The molecule has 5 heteroatoms. The summed E-state index contributed by atoms with van der Waals surface area (Å²) in [4.78, 5) is 23.5. The Hall–Kier alpha value is -3.60. The number of nitrogens with one attached hydrogen (secondary N) is 3. The highest BCUT2D eigenvalue weighted by atomic mass is 16.2. The Balaban J connectivity index is 1.60. The summed E-state index contributed by atoms with van der Waals surface area (Å²) in [6.45, 7) is 3.36. The minimum absolute atomic E-state index is 0.130. The Morgan fingerprint density at radius 1 is 0.750 bits per heavy atom. The lowest BCUT2D eigenvalue weighted by molar-refractivity contribution is -0.114. The molecule has 0 radical (unpaired) electrons. The van der Waals surface area contributed by atoms with E-state index in [2.05, 4.69) is 16.0 Å². The summed E-state index contributed by atoms with van der Waals surface area (Å²) in [5.74, 6) is -0.130. The summed E-state index contributed by atoms with van der Waals surface area (Å²) in [5.41, 5.74) is 4.55. The van der Waals surface area contributed by atoms with Crippen molar-refractivity contribution < 1.29 is 9.59 Å². The van der Waals surface area contributed by atoms with Crippen LogP contribution in [0.15, 0.2) is 78.9 Å². The molecule has 0 spiro atoms. The van der Waals surface area contributed by atoms with Gasteiger partial charge in [0.15, 0.2) is 0 Å². The van der Waals surface area contributed by atoms with Gasteiger partial charge in [0.25, 0.3) is 0 Å². The Morgan fingerprint density at radius 2 is 1.43 bits per heavy atom. The molecular formula is C23H23N3O2. The molecule has 0 saturated carbocycles. The van der Waals surface area contributed by atoms with Crippen LogP contribution in [0.4, 0.5) is 16.2 Å². The highest BCUT2D eigenvalue weighted by Gasteiger charge is 2.10. The first-order valence-electron chi connectivity index (χ1n) is 9.12. The lowest BCUT2D eigenvalue weighted by Gasteiger charge is -2.16. The van der Waals surface area contributed by atoms with E-state index in [4.69, 9.17) is 0 Å². The zero-order chi connectivity index (χ0) is 19.9. The molecule has 1 atom stereocenters. The largest absolute Gasteiger partial charge is 0.331 e. The maximum atomic E-state index is 12.3. The number of anilines is 2. The molecule has 0 aliphatic rings. The summed E-state index contributed by atoms with van der Waals surface area (Å²) >= 11 is 0. The van der Waals surface area contributed by atoms with Crippen molar-refractivity contribution in [2.75, 3.05) is 10.6 Å². The van der Waals surface area contributed by atoms with Gasteiger partial charge in [0, 0.05) is 18.3 Å². The minimum atomic E-state index is -0.287. The van der Waals surface area contributed by atoms with Gasteiger partial charge in [-0.15, -0.1) is 0 Å². The van der Waals surface area contributed by atoms with Crippen LogP contribution in [0.25, 0.3) is 11.1 Å². The first-order valence-corrected chi connectivity index (χ1v) is 9.12. The highest BCUT2D eigenvalue weighted by molar-refractivity contribution is 5.90. The van der Waals surface area contributed by atoms with Gasteiger partial charge >= 0.3 is 6.03 Å². The predicted octanol–water partition coefficient (Wildman–Crippen LogP) is 5.19.